The van der Waals surface area contributed by atoms with Crippen LogP contribution in [0.5, 0.6) is 0 Å². The summed E-state index contributed by atoms with van der Waals surface area (Å²) in [6, 6.07) is 1.50. The Hall–Kier alpha value is -1.19. The molecule has 50 valence electrons. The van der Waals surface area contributed by atoms with Crippen LogP contribution in [0.4, 0.5) is 0 Å². The standard InChI is InChI=1S/C6H7BN2O/c1-4-2-6(8)5(7)3-9(4)10/h2-3,8,10H,1H3. The predicted molar refractivity (Wildman–Crippen MR) is 37.6 cm³/mol. The molecule has 0 aliphatic rings. The minimum Gasteiger partial charge on any atom is -0.429 e. The van der Waals surface area contributed by atoms with Gasteiger partial charge in [-0.1, -0.05) is 5.46 Å². The Kier molecular flexibility index (Phi) is 1.53. The van der Waals surface area contributed by atoms with Gasteiger partial charge in [-0.15, -0.1) is 0 Å². The maximum Gasteiger partial charge on any atom is 0.119 e. The summed E-state index contributed by atoms with van der Waals surface area (Å²) in [6.07, 6.45) is 1.30. The van der Waals surface area contributed by atoms with Crippen molar-refractivity contribution in [3.63, 3.8) is 0 Å². The topological polar surface area (TPSA) is 49.0 Å². The summed E-state index contributed by atoms with van der Waals surface area (Å²) in [5.41, 5.74) is 0.868. The molecule has 0 aliphatic heterocycles. The van der Waals surface area contributed by atoms with Gasteiger partial charge in [-0.3, -0.25) is 0 Å². The summed E-state index contributed by atoms with van der Waals surface area (Å²) in [6.45, 7) is 1.69. The maximum atomic E-state index is 8.98. The molecule has 0 unspecified atom stereocenters. The van der Waals surface area contributed by atoms with Crippen LogP contribution in [0.15, 0.2) is 12.3 Å². The van der Waals surface area contributed by atoms with Crippen LogP contribution in [0.25, 0.3) is 0 Å². The molecular formula is C6H7BN2O. The first kappa shape index (κ1) is 6.93. The summed E-state index contributed by atoms with van der Waals surface area (Å²) < 4.78 is 0.896. The number of hydrogen-bond donors (Lipinski definition) is 2. The molecule has 4 heteroatoms. The zero-order valence-electron chi connectivity index (χ0n) is 5.63. The lowest BCUT2D eigenvalue weighted by atomic mass is 9.98. The molecule has 1 aromatic rings. The molecule has 0 aliphatic carbocycles. The molecule has 2 radical (unpaired) electrons. The molecule has 0 bridgehead atoms. The quantitative estimate of drug-likeness (QED) is 0.358. The van der Waals surface area contributed by atoms with Crippen molar-refractivity contribution in [2.24, 2.45) is 0 Å². The SMILES string of the molecule is [B]c1cn(O)c(C)cc1=N. The van der Waals surface area contributed by atoms with E-state index in [4.69, 9.17) is 18.5 Å². The average Bonchev–Trinajstić information content (AvgIpc) is 1.84. The third kappa shape index (κ3) is 1.05. The van der Waals surface area contributed by atoms with Crippen molar-refractivity contribution in [3.05, 3.63) is 23.3 Å². The maximum absolute atomic E-state index is 8.98. The lowest BCUT2D eigenvalue weighted by Gasteiger charge is -2.02. The van der Waals surface area contributed by atoms with Crippen LogP contribution in [-0.4, -0.2) is 17.8 Å². The van der Waals surface area contributed by atoms with Crippen LogP contribution >= 0.6 is 0 Å². The summed E-state index contributed by atoms with van der Waals surface area (Å²) >= 11 is 0. The lowest BCUT2D eigenvalue weighted by Crippen LogP contribution is -2.27. The molecule has 0 spiro atoms. The average molecular weight is 134 g/mol. The largest absolute Gasteiger partial charge is 0.429 e. The highest BCUT2D eigenvalue weighted by Gasteiger charge is 1.92. The van der Waals surface area contributed by atoms with Gasteiger partial charge in [-0.25, -0.2) is 0 Å². The minimum atomic E-state index is 0.239. The molecule has 1 rings (SSSR count). The molecule has 1 heterocycles. The number of aromatic nitrogens is 1. The number of hydrogen-bond acceptors (Lipinski definition) is 2. The van der Waals surface area contributed by atoms with E-state index in [-0.39, 0.29) is 10.8 Å². The van der Waals surface area contributed by atoms with E-state index in [1.54, 1.807) is 6.92 Å². The Morgan fingerprint density at radius 2 is 2.30 bits per heavy atom. The number of nitrogens with zero attached hydrogens (tertiary/aromatic N) is 1. The van der Waals surface area contributed by atoms with Crippen molar-refractivity contribution in [1.29, 1.82) is 5.41 Å². The van der Waals surface area contributed by atoms with Crippen molar-refractivity contribution in [2.75, 3.05) is 0 Å². The molecule has 0 saturated heterocycles. The fourth-order valence-electron chi connectivity index (χ4n) is 0.661. The number of rotatable bonds is 0. The molecular weight excluding hydrogens is 127 g/mol. The van der Waals surface area contributed by atoms with Crippen molar-refractivity contribution in [2.45, 2.75) is 6.92 Å². The van der Waals surface area contributed by atoms with E-state index in [2.05, 4.69) is 0 Å². The van der Waals surface area contributed by atoms with Gasteiger partial charge in [0.05, 0.1) is 11.1 Å². The lowest BCUT2D eigenvalue weighted by molar-refractivity contribution is 0.178. The smallest absolute Gasteiger partial charge is 0.119 e. The zero-order chi connectivity index (χ0) is 7.72. The second-order valence-electron chi connectivity index (χ2n) is 2.13. The Bertz CT molecular complexity index is 305. The fourth-order valence-corrected chi connectivity index (χ4v) is 0.661. The zero-order valence-corrected chi connectivity index (χ0v) is 5.63. The molecule has 0 aromatic carbocycles. The van der Waals surface area contributed by atoms with Gasteiger partial charge in [0.15, 0.2) is 0 Å². The third-order valence-electron chi connectivity index (χ3n) is 1.29. The number of pyridine rings is 1. The van der Waals surface area contributed by atoms with Gasteiger partial charge in [-0.05, 0) is 13.0 Å². The second kappa shape index (κ2) is 2.21. The molecule has 0 saturated carbocycles. The van der Waals surface area contributed by atoms with Gasteiger partial charge in [0.25, 0.3) is 0 Å². The van der Waals surface area contributed by atoms with Gasteiger partial charge < -0.3 is 10.6 Å². The normalized spacial score (nSPS) is 9.70. The van der Waals surface area contributed by atoms with E-state index in [0.29, 0.717) is 5.69 Å². The van der Waals surface area contributed by atoms with Gasteiger partial charge >= 0.3 is 0 Å². The third-order valence-corrected chi connectivity index (χ3v) is 1.29. The van der Waals surface area contributed by atoms with Crippen molar-refractivity contribution in [1.82, 2.24) is 4.73 Å². The van der Waals surface area contributed by atoms with Gasteiger partial charge in [-0.2, -0.15) is 4.73 Å². The summed E-state index contributed by atoms with van der Waals surface area (Å²) in [5, 5.41) is 16.4. The van der Waals surface area contributed by atoms with Crippen molar-refractivity contribution >= 4 is 13.3 Å². The molecule has 10 heavy (non-hydrogen) atoms. The van der Waals surface area contributed by atoms with Crippen molar-refractivity contribution in [3.8, 4) is 0 Å². The number of aryl methyl sites for hydroxylation is 1. The van der Waals surface area contributed by atoms with E-state index < -0.39 is 0 Å². The molecule has 2 N–H and O–H groups in total. The Balaban J connectivity index is 3.43. The second-order valence-corrected chi connectivity index (χ2v) is 2.13. The molecule has 0 amide bonds. The first-order chi connectivity index (χ1) is 4.61. The van der Waals surface area contributed by atoms with E-state index in [9.17, 15) is 0 Å². The van der Waals surface area contributed by atoms with Gasteiger partial charge in [0, 0.05) is 6.20 Å². The fraction of sp³-hybridized carbons (Fsp3) is 0.167. The van der Waals surface area contributed by atoms with E-state index in [0.717, 1.165) is 4.73 Å². The van der Waals surface area contributed by atoms with E-state index in [1.165, 1.54) is 12.3 Å². The predicted octanol–water partition coefficient (Wildman–Crippen LogP) is -0.693. The Morgan fingerprint density at radius 1 is 1.70 bits per heavy atom. The molecule has 0 fully saturated rings. The van der Waals surface area contributed by atoms with E-state index >= 15 is 0 Å². The highest BCUT2D eigenvalue weighted by atomic mass is 16.5. The number of nitrogens with one attached hydrogen (secondary N) is 1. The van der Waals surface area contributed by atoms with Crippen LogP contribution in [0.2, 0.25) is 0 Å². The molecule has 3 nitrogen and oxygen atoms in total. The van der Waals surface area contributed by atoms with Crippen LogP contribution in [0.3, 0.4) is 0 Å². The van der Waals surface area contributed by atoms with Crippen molar-refractivity contribution < 1.29 is 5.21 Å². The Labute approximate surface area is 59.8 Å². The minimum absolute atomic E-state index is 0.239. The van der Waals surface area contributed by atoms with E-state index in [1.807, 2.05) is 0 Å². The summed E-state index contributed by atoms with van der Waals surface area (Å²) in [4.78, 5) is 0. The monoisotopic (exact) mass is 134 g/mol. The Morgan fingerprint density at radius 3 is 2.80 bits per heavy atom. The molecule has 0 atom stereocenters. The summed E-state index contributed by atoms with van der Waals surface area (Å²) in [5.74, 6) is 0. The first-order valence-electron chi connectivity index (χ1n) is 2.84. The van der Waals surface area contributed by atoms with Crippen LogP contribution in [-0.2, 0) is 0 Å². The van der Waals surface area contributed by atoms with Crippen LogP contribution in [0, 0.1) is 12.3 Å². The highest BCUT2D eigenvalue weighted by Crippen LogP contribution is 1.85. The first-order valence-corrected chi connectivity index (χ1v) is 2.84. The molecule has 1 aromatic heterocycles. The van der Waals surface area contributed by atoms with Crippen LogP contribution in [0.1, 0.15) is 5.69 Å². The van der Waals surface area contributed by atoms with Gasteiger partial charge in [0.1, 0.15) is 7.85 Å². The van der Waals surface area contributed by atoms with Crippen LogP contribution < -0.4 is 10.8 Å². The highest BCUT2D eigenvalue weighted by molar-refractivity contribution is 6.31. The summed E-state index contributed by atoms with van der Waals surface area (Å²) in [7, 11) is 5.32. The van der Waals surface area contributed by atoms with Gasteiger partial charge in [0.2, 0.25) is 0 Å².